The maximum absolute atomic E-state index is 12.6. The number of hydrogen-bond donors (Lipinski definition) is 3. The highest BCUT2D eigenvalue weighted by Gasteiger charge is 2.26. The molecule has 0 aromatic heterocycles. The molecule has 0 bridgehead atoms. The normalized spacial score (nSPS) is 14.3. The first-order valence-electron chi connectivity index (χ1n) is 9.58. The fourth-order valence-electron chi connectivity index (χ4n) is 3.17. The number of ether oxygens (including phenoxy) is 3. The number of nitrogens with one attached hydrogen (secondary N) is 1. The van der Waals surface area contributed by atoms with E-state index in [9.17, 15) is 14.7 Å². The standard InChI is InChI=1S/C22H22BrNO7/c1-13(4-2-3-5-20(26)27)21(16-10-14(23)6-8-17(16)25)31-22(28)24-15-7-9-18-19(11-15)30-12-29-18/h3,5-11,13,21,25H,2,4,12H2,1H3,(H,24,28)(H,26,27)/b5-3+/t13-,21-/m1/s1. The molecule has 0 aliphatic carbocycles. The van der Waals surface area contributed by atoms with Gasteiger partial charge in [0.25, 0.3) is 0 Å². The van der Waals surface area contributed by atoms with Gasteiger partial charge in [-0.3, -0.25) is 5.32 Å². The minimum absolute atomic E-state index is 0.00277. The van der Waals surface area contributed by atoms with Gasteiger partial charge in [0.15, 0.2) is 11.5 Å². The van der Waals surface area contributed by atoms with Crippen LogP contribution in [0.1, 0.15) is 31.4 Å². The number of halogens is 1. The van der Waals surface area contributed by atoms with Crippen LogP contribution >= 0.6 is 15.9 Å². The number of anilines is 1. The van der Waals surface area contributed by atoms with Gasteiger partial charge in [-0.05, 0) is 49.1 Å². The molecule has 3 rings (SSSR count). The number of aliphatic carboxylic acids is 1. The lowest BCUT2D eigenvalue weighted by molar-refractivity contribution is -0.131. The van der Waals surface area contributed by atoms with Crippen molar-refractivity contribution in [2.75, 3.05) is 12.1 Å². The lowest BCUT2D eigenvalue weighted by Gasteiger charge is -2.25. The second-order valence-corrected chi connectivity index (χ2v) is 7.93. The number of benzene rings is 2. The molecule has 2 aromatic carbocycles. The summed E-state index contributed by atoms with van der Waals surface area (Å²) in [7, 11) is 0. The number of fused-ring (bicyclic) bond motifs is 1. The lowest BCUT2D eigenvalue weighted by Crippen LogP contribution is -2.22. The van der Waals surface area contributed by atoms with E-state index in [2.05, 4.69) is 21.2 Å². The number of allylic oxidation sites excluding steroid dienone is 1. The van der Waals surface area contributed by atoms with Crippen molar-refractivity contribution in [3.63, 3.8) is 0 Å². The Hall–Kier alpha value is -3.20. The van der Waals surface area contributed by atoms with Crippen LogP contribution in [0.15, 0.2) is 53.0 Å². The largest absolute Gasteiger partial charge is 0.508 e. The predicted octanol–water partition coefficient (Wildman–Crippen LogP) is 5.23. The second-order valence-electron chi connectivity index (χ2n) is 7.02. The lowest BCUT2D eigenvalue weighted by atomic mass is 9.92. The molecule has 1 heterocycles. The fraction of sp³-hybridized carbons (Fsp3) is 0.273. The third kappa shape index (κ3) is 6.14. The number of carbonyl (C=O) groups excluding carboxylic acids is 1. The van der Waals surface area contributed by atoms with Crippen LogP contribution in [0.25, 0.3) is 0 Å². The van der Waals surface area contributed by atoms with E-state index in [0.29, 0.717) is 35.6 Å². The molecule has 31 heavy (non-hydrogen) atoms. The van der Waals surface area contributed by atoms with E-state index in [0.717, 1.165) is 10.5 Å². The number of hydrogen-bond acceptors (Lipinski definition) is 6. The number of phenolic OH excluding ortho intramolecular Hbond substituents is 1. The number of aromatic hydroxyl groups is 1. The maximum Gasteiger partial charge on any atom is 0.412 e. The molecule has 164 valence electrons. The maximum atomic E-state index is 12.6. The van der Waals surface area contributed by atoms with Gasteiger partial charge < -0.3 is 24.4 Å². The third-order valence-corrected chi connectivity index (χ3v) is 5.21. The minimum atomic E-state index is -1.02. The summed E-state index contributed by atoms with van der Waals surface area (Å²) in [4.78, 5) is 23.3. The quantitative estimate of drug-likeness (QED) is 0.433. The van der Waals surface area contributed by atoms with Crippen molar-refractivity contribution in [1.82, 2.24) is 0 Å². The van der Waals surface area contributed by atoms with E-state index in [1.807, 2.05) is 6.92 Å². The molecule has 1 amide bonds. The number of carboxylic acid groups (broad SMARTS) is 1. The Labute approximate surface area is 187 Å². The predicted molar refractivity (Wildman–Crippen MR) is 116 cm³/mol. The molecule has 0 radical (unpaired) electrons. The summed E-state index contributed by atoms with van der Waals surface area (Å²) in [6.45, 7) is 1.99. The van der Waals surface area contributed by atoms with E-state index < -0.39 is 18.2 Å². The molecular formula is C22H22BrNO7. The summed E-state index contributed by atoms with van der Waals surface area (Å²) in [6, 6.07) is 9.88. The van der Waals surface area contributed by atoms with Gasteiger partial charge in [-0.2, -0.15) is 0 Å². The van der Waals surface area contributed by atoms with Crippen LogP contribution < -0.4 is 14.8 Å². The first-order chi connectivity index (χ1) is 14.8. The Morgan fingerprint density at radius 2 is 2.00 bits per heavy atom. The Balaban J connectivity index is 1.74. The van der Waals surface area contributed by atoms with Crippen molar-refractivity contribution in [2.45, 2.75) is 25.9 Å². The summed E-state index contributed by atoms with van der Waals surface area (Å²) in [5.74, 6) is -0.109. The van der Waals surface area contributed by atoms with Gasteiger partial charge in [0.2, 0.25) is 6.79 Å². The molecule has 1 aliphatic heterocycles. The van der Waals surface area contributed by atoms with Crippen molar-refractivity contribution in [3.05, 3.63) is 58.6 Å². The summed E-state index contributed by atoms with van der Waals surface area (Å²) >= 11 is 3.37. The van der Waals surface area contributed by atoms with Gasteiger partial charge in [0, 0.05) is 27.9 Å². The average molecular weight is 492 g/mol. The fourth-order valence-corrected chi connectivity index (χ4v) is 3.55. The molecule has 9 heteroatoms. The SMILES string of the molecule is C[C@H](CC/C=C/C(=O)O)[C@@H](OC(=O)Nc1ccc2c(c1)OCO2)c1cc(Br)ccc1O. The highest BCUT2D eigenvalue weighted by atomic mass is 79.9. The van der Waals surface area contributed by atoms with E-state index >= 15 is 0 Å². The van der Waals surface area contributed by atoms with Crippen LogP contribution in [0.4, 0.5) is 10.5 Å². The van der Waals surface area contributed by atoms with Crippen molar-refractivity contribution in [2.24, 2.45) is 5.92 Å². The van der Waals surface area contributed by atoms with Crippen LogP contribution in [0, 0.1) is 5.92 Å². The Morgan fingerprint density at radius 3 is 2.77 bits per heavy atom. The molecule has 3 N–H and O–H groups in total. The summed E-state index contributed by atoms with van der Waals surface area (Å²) in [6.07, 6.45) is 2.18. The second kappa shape index (κ2) is 10.2. The number of amides is 1. The highest BCUT2D eigenvalue weighted by Crippen LogP contribution is 2.37. The molecule has 1 aliphatic rings. The smallest absolute Gasteiger partial charge is 0.412 e. The summed E-state index contributed by atoms with van der Waals surface area (Å²) < 4.78 is 17.0. The van der Waals surface area contributed by atoms with Crippen LogP contribution in [0.5, 0.6) is 17.2 Å². The molecule has 2 atom stereocenters. The third-order valence-electron chi connectivity index (χ3n) is 4.72. The van der Waals surface area contributed by atoms with Gasteiger partial charge in [-0.1, -0.05) is 28.9 Å². The van der Waals surface area contributed by atoms with E-state index in [1.54, 1.807) is 36.4 Å². The zero-order valence-corrected chi connectivity index (χ0v) is 18.3. The monoisotopic (exact) mass is 491 g/mol. The minimum Gasteiger partial charge on any atom is -0.508 e. The van der Waals surface area contributed by atoms with Crippen molar-refractivity contribution < 1.29 is 34.0 Å². The molecule has 0 spiro atoms. The van der Waals surface area contributed by atoms with E-state index in [4.69, 9.17) is 19.3 Å². The number of carbonyl (C=O) groups is 2. The molecule has 8 nitrogen and oxygen atoms in total. The number of carboxylic acids is 1. The zero-order chi connectivity index (χ0) is 22.4. The molecule has 0 saturated carbocycles. The molecular weight excluding hydrogens is 470 g/mol. The van der Waals surface area contributed by atoms with Crippen LogP contribution in [0.2, 0.25) is 0 Å². The first kappa shape index (κ1) is 22.5. The van der Waals surface area contributed by atoms with Crippen LogP contribution in [-0.2, 0) is 9.53 Å². The molecule has 0 unspecified atom stereocenters. The average Bonchev–Trinajstić information content (AvgIpc) is 3.19. The summed E-state index contributed by atoms with van der Waals surface area (Å²) in [5, 5.41) is 21.7. The highest BCUT2D eigenvalue weighted by molar-refractivity contribution is 9.10. The van der Waals surface area contributed by atoms with E-state index in [1.165, 1.54) is 6.07 Å². The van der Waals surface area contributed by atoms with Gasteiger partial charge in [0.05, 0.1) is 0 Å². The van der Waals surface area contributed by atoms with Crippen molar-refractivity contribution >= 4 is 33.7 Å². The van der Waals surface area contributed by atoms with Gasteiger partial charge >= 0.3 is 12.1 Å². The molecule has 0 saturated heterocycles. The van der Waals surface area contributed by atoms with Crippen LogP contribution in [-0.4, -0.2) is 29.1 Å². The molecule has 0 fully saturated rings. The van der Waals surface area contributed by atoms with Crippen molar-refractivity contribution in [3.8, 4) is 17.2 Å². The van der Waals surface area contributed by atoms with Gasteiger partial charge in [0.1, 0.15) is 11.9 Å². The summed E-state index contributed by atoms with van der Waals surface area (Å²) in [5.41, 5.74) is 0.924. The Kier molecular flexibility index (Phi) is 7.41. The topological polar surface area (TPSA) is 114 Å². The van der Waals surface area contributed by atoms with E-state index in [-0.39, 0.29) is 18.5 Å². The zero-order valence-electron chi connectivity index (χ0n) is 16.7. The number of phenols is 1. The Bertz CT molecular complexity index is 992. The van der Waals surface area contributed by atoms with Gasteiger partial charge in [-0.15, -0.1) is 0 Å². The van der Waals surface area contributed by atoms with Crippen LogP contribution in [0.3, 0.4) is 0 Å². The molecule has 2 aromatic rings. The first-order valence-corrected chi connectivity index (χ1v) is 10.4. The number of rotatable bonds is 8. The Morgan fingerprint density at radius 1 is 1.23 bits per heavy atom. The van der Waals surface area contributed by atoms with Gasteiger partial charge in [-0.25, -0.2) is 9.59 Å². The van der Waals surface area contributed by atoms with Crippen molar-refractivity contribution in [1.29, 1.82) is 0 Å².